The van der Waals surface area contributed by atoms with Crippen LogP contribution in [-0.2, 0) is 68.8 Å². The van der Waals surface area contributed by atoms with E-state index in [1.54, 1.807) is 0 Å². The van der Waals surface area contributed by atoms with Crippen molar-refractivity contribution in [3.63, 3.8) is 0 Å². The van der Waals surface area contributed by atoms with E-state index in [-0.39, 0.29) is 64.2 Å². The zero-order valence-electron chi connectivity index (χ0n) is 3.51. The Kier molecular flexibility index (Phi) is 25.9. The van der Waals surface area contributed by atoms with E-state index in [2.05, 4.69) is 0 Å². The predicted molar refractivity (Wildman–Crippen MR) is 14.3 cm³/mol. The molecular formula is H3Ag2O4PZn+4. The molecule has 52 valence electrons. The molecule has 0 aliphatic rings. The van der Waals surface area contributed by atoms with E-state index >= 15 is 0 Å². The quantitative estimate of drug-likeness (QED) is 0.375. The third-order valence-electron chi connectivity index (χ3n) is 0. The van der Waals surface area contributed by atoms with Crippen LogP contribution in [0.4, 0.5) is 0 Å². The van der Waals surface area contributed by atoms with Crippen LogP contribution in [0.15, 0.2) is 0 Å². The molecule has 0 spiro atoms. The first-order valence-electron chi connectivity index (χ1n) is 0.783. The van der Waals surface area contributed by atoms with Gasteiger partial charge in [-0.25, -0.2) is 4.57 Å². The Morgan fingerprint density at radius 3 is 1.00 bits per heavy atom. The molecule has 0 aliphatic heterocycles. The van der Waals surface area contributed by atoms with E-state index in [1.165, 1.54) is 0 Å². The summed E-state index contributed by atoms with van der Waals surface area (Å²) in [5.41, 5.74) is 0. The molecule has 8 heteroatoms. The Balaban J connectivity index is -0.0000000267. The molecule has 0 aromatic heterocycles. The third-order valence-corrected chi connectivity index (χ3v) is 0. The molecule has 0 radical (unpaired) electrons. The van der Waals surface area contributed by atoms with Crippen LogP contribution in [0.5, 0.6) is 0 Å². The van der Waals surface area contributed by atoms with Crippen LogP contribution in [-0.4, -0.2) is 14.7 Å². The summed E-state index contributed by atoms with van der Waals surface area (Å²) in [6, 6.07) is 0. The van der Waals surface area contributed by atoms with Gasteiger partial charge in [-0.15, -0.1) is 0 Å². The van der Waals surface area contributed by atoms with Gasteiger partial charge in [0, 0.05) is 0 Å². The van der Waals surface area contributed by atoms with E-state index in [0.29, 0.717) is 0 Å². The van der Waals surface area contributed by atoms with Crippen molar-refractivity contribution in [1.82, 2.24) is 0 Å². The molecule has 0 amide bonds. The Morgan fingerprint density at radius 2 is 1.00 bits per heavy atom. The van der Waals surface area contributed by atoms with Gasteiger partial charge in [-0.1, -0.05) is 0 Å². The Hall–Kier alpha value is 2.21. The first kappa shape index (κ1) is 22.5. The first-order valence-corrected chi connectivity index (χ1v) is 2.35. The van der Waals surface area contributed by atoms with Gasteiger partial charge in [0.15, 0.2) is 0 Å². The Morgan fingerprint density at radius 1 is 1.00 bits per heavy atom. The summed E-state index contributed by atoms with van der Waals surface area (Å²) >= 11 is 0. The summed E-state index contributed by atoms with van der Waals surface area (Å²) in [5, 5.41) is 0. The minimum atomic E-state index is -4.64. The summed E-state index contributed by atoms with van der Waals surface area (Å²) < 4.78 is 8.88. The molecule has 0 aromatic carbocycles. The smallest absolute Gasteiger partial charge is 0.303 e. The largest absolute Gasteiger partial charge is 2.00 e. The Labute approximate surface area is 90.5 Å². The fraction of sp³-hybridized carbons (Fsp3) is 0. The van der Waals surface area contributed by atoms with Gasteiger partial charge in [0.1, 0.15) is 0 Å². The van der Waals surface area contributed by atoms with Gasteiger partial charge in [-0.3, -0.25) is 0 Å². The summed E-state index contributed by atoms with van der Waals surface area (Å²) in [4.78, 5) is 21.6. The summed E-state index contributed by atoms with van der Waals surface area (Å²) in [6.07, 6.45) is 0. The van der Waals surface area contributed by atoms with Gasteiger partial charge in [0.05, 0.1) is 0 Å². The van der Waals surface area contributed by atoms with Gasteiger partial charge in [-0.05, 0) is 0 Å². The first-order chi connectivity index (χ1) is 2.00. The fourth-order valence-electron chi connectivity index (χ4n) is 0. The molecule has 4 nitrogen and oxygen atoms in total. The zero-order chi connectivity index (χ0) is 4.50. The van der Waals surface area contributed by atoms with Crippen LogP contribution in [0, 0.1) is 0 Å². The maximum atomic E-state index is 8.88. The van der Waals surface area contributed by atoms with Crippen molar-refractivity contribution in [3.8, 4) is 0 Å². The van der Waals surface area contributed by atoms with E-state index in [9.17, 15) is 0 Å². The normalized spacial score (nSPS) is 7.38. The maximum Gasteiger partial charge on any atom is 2.00 e. The van der Waals surface area contributed by atoms with Gasteiger partial charge in [0.25, 0.3) is 0 Å². The average molecular weight is 379 g/mol. The standard InChI is InChI=1S/2Ag.H3O4P.Zn/c;;1-5(2,3)4;/h;;(H3,1,2,3,4);/q2*+1;;+2. The molecule has 3 N–H and O–H groups in total. The second kappa shape index (κ2) is 9.21. The van der Waals surface area contributed by atoms with Crippen molar-refractivity contribution < 1.29 is 83.5 Å². The van der Waals surface area contributed by atoms with Crippen molar-refractivity contribution in [2.45, 2.75) is 0 Å². The van der Waals surface area contributed by atoms with E-state index in [1.807, 2.05) is 0 Å². The van der Waals surface area contributed by atoms with Crippen LogP contribution in [0.25, 0.3) is 0 Å². The molecule has 0 fully saturated rings. The van der Waals surface area contributed by atoms with Gasteiger partial charge < -0.3 is 14.7 Å². The van der Waals surface area contributed by atoms with Crippen LogP contribution in [0.3, 0.4) is 0 Å². The van der Waals surface area contributed by atoms with Crippen molar-refractivity contribution in [2.24, 2.45) is 0 Å². The molecule has 0 aliphatic carbocycles. The van der Waals surface area contributed by atoms with Gasteiger partial charge in [-0.2, -0.15) is 0 Å². The summed E-state index contributed by atoms with van der Waals surface area (Å²) in [6.45, 7) is 0. The van der Waals surface area contributed by atoms with Crippen molar-refractivity contribution in [1.29, 1.82) is 0 Å². The van der Waals surface area contributed by atoms with Gasteiger partial charge >= 0.3 is 72.1 Å². The number of rotatable bonds is 0. The molecule has 0 aromatic rings. The van der Waals surface area contributed by atoms with E-state index in [0.717, 1.165) is 0 Å². The molecule has 0 unspecified atom stereocenters. The van der Waals surface area contributed by atoms with Gasteiger partial charge in [0.2, 0.25) is 0 Å². The number of hydrogen-bond donors (Lipinski definition) is 3. The van der Waals surface area contributed by atoms with Crippen molar-refractivity contribution in [3.05, 3.63) is 0 Å². The monoisotopic (exact) mass is 376 g/mol. The zero-order valence-corrected chi connectivity index (χ0v) is 10.3. The number of hydrogen-bond acceptors (Lipinski definition) is 1. The van der Waals surface area contributed by atoms with Crippen molar-refractivity contribution >= 4 is 7.82 Å². The molecule has 0 atom stereocenters. The molecule has 0 saturated carbocycles. The fourth-order valence-corrected chi connectivity index (χ4v) is 0. The predicted octanol–water partition coefficient (Wildman–Crippen LogP) is -0.936. The summed E-state index contributed by atoms with van der Waals surface area (Å²) in [5.74, 6) is 0. The molecular weight excluding hydrogens is 376 g/mol. The average Bonchev–Trinajstić information content (AvgIpc) is 0.722. The van der Waals surface area contributed by atoms with Crippen molar-refractivity contribution in [2.75, 3.05) is 0 Å². The van der Waals surface area contributed by atoms with Crippen LogP contribution in [0.1, 0.15) is 0 Å². The van der Waals surface area contributed by atoms with Crippen LogP contribution < -0.4 is 0 Å². The van der Waals surface area contributed by atoms with Crippen LogP contribution in [0.2, 0.25) is 0 Å². The molecule has 0 rings (SSSR count). The second-order valence-electron chi connectivity index (χ2n) is 0.513. The molecule has 0 bridgehead atoms. The Bertz CT molecular complexity index is 60.2. The topological polar surface area (TPSA) is 77.8 Å². The SMILES string of the molecule is O=P(O)(O)O.[Ag+].[Ag+].[Zn+2]. The number of phosphoric acid groups is 1. The maximum absolute atomic E-state index is 8.88. The third kappa shape index (κ3) is 87.2. The van der Waals surface area contributed by atoms with E-state index in [4.69, 9.17) is 19.2 Å². The van der Waals surface area contributed by atoms with Crippen LogP contribution >= 0.6 is 7.82 Å². The van der Waals surface area contributed by atoms with E-state index < -0.39 is 7.82 Å². The summed E-state index contributed by atoms with van der Waals surface area (Å²) in [7, 11) is -4.64. The minimum absolute atomic E-state index is 0. The molecule has 0 heterocycles. The molecule has 0 saturated heterocycles. The second-order valence-corrected chi connectivity index (χ2v) is 1.54. The minimum Gasteiger partial charge on any atom is -0.303 e. The molecule has 8 heavy (non-hydrogen) atoms.